The number of piperidine rings is 1. The number of amides is 1. The molecule has 0 N–H and O–H groups in total. The van der Waals surface area contributed by atoms with Gasteiger partial charge in [-0.15, -0.1) is 0 Å². The molecule has 0 unspecified atom stereocenters. The molecule has 0 radical (unpaired) electrons. The maximum Gasteiger partial charge on any atom is 0.270 e. The molecule has 1 aliphatic heterocycles. The van der Waals surface area contributed by atoms with Crippen LogP contribution in [-0.4, -0.2) is 35.6 Å². The number of hydrogen-bond donors (Lipinski definition) is 0. The van der Waals surface area contributed by atoms with E-state index in [0.29, 0.717) is 11.6 Å². The maximum atomic E-state index is 13.2. The number of benzene rings is 1. The number of methoxy groups -OCH3 is 1. The lowest BCUT2D eigenvalue weighted by atomic mass is 9.99. The summed E-state index contributed by atoms with van der Waals surface area (Å²) in [5.74, 6) is 1.27. The topological polar surface area (TPSA) is 51.5 Å². The molecular formula is C21H24N2O3. The summed E-state index contributed by atoms with van der Waals surface area (Å²) in [6.07, 6.45) is 5.39. The Labute approximate surface area is 153 Å². The van der Waals surface area contributed by atoms with Gasteiger partial charge in [0.2, 0.25) is 0 Å². The number of carbonyl (C=O) groups excluding carboxylic acids is 1. The summed E-state index contributed by atoms with van der Waals surface area (Å²) in [6, 6.07) is 12.3. The maximum absolute atomic E-state index is 13.2. The van der Waals surface area contributed by atoms with Crippen LogP contribution in [0, 0.1) is 5.92 Å². The van der Waals surface area contributed by atoms with E-state index in [1.165, 1.54) is 10.6 Å². The number of likely N-dealkylation sites (tertiary alicyclic amines) is 1. The van der Waals surface area contributed by atoms with Crippen LogP contribution in [0.25, 0.3) is 11.8 Å². The van der Waals surface area contributed by atoms with Gasteiger partial charge in [0.1, 0.15) is 11.4 Å². The number of aromatic nitrogens is 1. The lowest BCUT2D eigenvalue weighted by molar-refractivity contribution is -0.126. The zero-order valence-corrected chi connectivity index (χ0v) is 15.2. The van der Waals surface area contributed by atoms with Crippen molar-refractivity contribution in [2.45, 2.75) is 19.8 Å². The van der Waals surface area contributed by atoms with Crippen molar-refractivity contribution in [3.63, 3.8) is 0 Å². The molecule has 5 heteroatoms. The van der Waals surface area contributed by atoms with Gasteiger partial charge in [-0.25, -0.2) is 0 Å². The number of rotatable bonds is 4. The Bertz CT molecular complexity index is 844. The highest BCUT2D eigenvalue weighted by Gasteiger charge is 2.24. The van der Waals surface area contributed by atoms with Crippen LogP contribution in [0.3, 0.4) is 0 Å². The molecule has 5 nitrogen and oxygen atoms in total. The molecule has 26 heavy (non-hydrogen) atoms. The minimum absolute atomic E-state index is 0.110. The average Bonchev–Trinajstić information content (AvgIpc) is 2.67. The highest BCUT2D eigenvalue weighted by molar-refractivity contribution is 6.18. The Morgan fingerprint density at radius 1 is 1.12 bits per heavy atom. The molecular weight excluding hydrogens is 328 g/mol. The van der Waals surface area contributed by atoms with E-state index < -0.39 is 0 Å². The Morgan fingerprint density at radius 2 is 1.81 bits per heavy atom. The third-order valence-electron chi connectivity index (χ3n) is 4.79. The summed E-state index contributed by atoms with van der Waals surface area (Å²) in [5, 5.41) is 0. The smallest absolute Gasteiger partial charge is 0.270 e. The summed E-state index contributed by atoms with van der Waals surface area (Å²) in [4.78, 5) is 27.3. The summed E-state index contributed by atoms with van der Waals surface area (Å²) >= 11 is 0. The molecule has 1 aliphatic rings. The third-order valence-corrected chi connectivity index (χ3v) is 4.79. The summed E-state index contributed by atoms with van der Waals surface area (Å²) in [5.41, 5.74) is 0.997. The minimum Gasteiger partial charge on any atom is -0.497 e. The zero-order chi connectivity index (χ0) is 18.5. The highest BCUT2D eigenvalue weighted by Crippen LogP contribution is 2.21. The molecule has 3 rings (SSSR count). The average molecular weight is 352 g/mol. The predicted molar refractivity (Wildman–Crippen MR) is 103 cm³/mol. The second-order valence-corrected chi connectivity index (χ2v) is 6.69. The fourth-order valence-electron chi connectivity index (χ4n) is 3.09. The minimum atomic E-state index is -0.217. The molecule has 2 heterocycles. The first kappa shape index (κ1) is 18.0. The number of ether oxygens (including phenoxy) is 1. The molecule has 1 saturated heterocycles. The van der Waals surface area contributed by atoms with Crippen LogP contribution in [-0.2, 0) is 4.79 Å². The van der Waals surface area contributed by atoms with Crippen molar-refractivity contribution in [1.29, 1.82) is 0 Å². The molecule has 0 saturated carbocycles. The standard InChI is InChI=1S/C21H24N2O3/c1-16-10-13-22(14-11-16)21(25)19(23-12-4-3-5-20(23)24)15-17-6-8-18(26-2)9-7-17/h3-9,12,15-16H,10-11,13-14H2,1-2H3/b19-15+. The SMILES string of the molecule is COc1ccc(/C=C(\C(=O)N2CCC(C)CC2)n2ccccc2=O)cc1. The Morgan fingerprint density at radius 3 is 2.42 bits per heavy atom. The zero-order valence-electron chi connectivity index (χ0n) is 15.2. The van der Waals surface area contributed by atoms with Gasteiger partial charge in [0, 0.05) is 25.4 Å². The van der Waals surface area contributed by atoms with E-state index in [0.717, 1.165) is 37.2 Å². The van der Waals surface area contributed by atoms with E-state index in [4.69, 9.17) is 4.74 Å². The van der Waals surface area contributed by atoms with E-state index in [2.05, 4.69) is 6.92 Å². The molecule has 136 valence electrons. The first-order chi connectivity index (χ1) is 12.6. The van der Waals surface area contributed by atoms with E-state index in [1.54, 1.807) is 31.5 Å². The van der Waals surface area contributed by atoms with Gasteiger partial charge in [0.05, 0.1) is 7.11 Å². The second-order valence-electron chi connectivity index (χ2n) is 6.69. The molecule has 0 spiro atoms. The van der Waals surface area contributed by atoms with Gasteiger partial charge >= 0.3 is 0 Å². The molecule has 1 aromatic heterocycles. The quantitative estimate of drug-likeness (QED) is 0.795. The highest BCUT2D eigenvalue weighted by atomic mass is 16.5. The summed E-state index contributed by atoms with van der Waals surface area (Å²) < 4.78 is 6.60. The predicted octanol–water partition coefficient (Wildman–Crippen LogP) is 3.11. The number of pyridine rings is 1. The fourth-order valence-corrected chi connectivity index (χ4v) is 3.09. The van der Waals surface area contributed by atoms with Crippen molar-refractivity contribution in [3.8, 4) is 5.75 Å². The Hall–Kier alpha value is -2.82. The Balaban J connectivity index is 1.98. The molecule has 1 aromatic carbocycles. The lowest BCUT2D eigenvalue weighted by Gasteiger charge is -2.31. The van der Waals surface area contributed by atoms with Crippen molar-refractivity contribution in [2.75, 3.05) is 20.2 Å². The molecule has 0 aliphatic carbocycles. The lowest BCUT2D eigenvalue weighted by Crippen LogP contribution is -2.40. The van der Waals surface area contributed by atoms with Gasteiger partial charge in [-0.3, -0.25) is 14.2 Å². The second kappa shape index (κ2) is 8.04. The molecule has 1 fully saturated rings. The van der Waals surface area contributed by atoms with Crippen LogP contribution in [0.15, 0.2) is 53.5 Å². The van der Waals surface area contributed by atoms with E-state index in [1.807, 2.05) is 29.2 Å². The van der Waals surface area contributed by atoms with Crippen molar-refractivity contribution in [2.24, 2.45) is 5.92 Å². The van der Waals surface area contributed by atoms with E-state index >= 15 is 0 Å². The van der Waals surface area contributed by atoms with E-state index in [9.17, 15) is 9.59 Å². The number of nitrogens with zero attached hydrogens (tertiary/aromatic N) is 2. The number of hydrogen-bond acceptors (Lipinski definition) is 3. The first-order valence-electron chi connectivity index (χ1n) is 8.91. The molecule has 1 amide bonds. The molecule has 0 atom stereocenters. The van der Waals surface area contributed by atoms with Crippen molar-refractivity contribution >= 4 is 17.7 Å². The monoisotopic (exact) mass is 352 g/mol. The summed E-state index contributed by atoms with van der Waals surface area (Å²) in [6.45, 7) is 3.65. The van der Waals surface area contributed by atoms with Gasteiger partial charge in [0.25, 0.3) is 11.5 Å². The van der Waals surface area contributed by atoms with Crippen molar-refractivity contribution in [1.82, 2.24) is 9.47 Å². The van der Waals surface area contributed by atoms with Crippen LogP contribution in [0.1, 0.15) is 25.3 Å². The van der Waals surface area contributed by atoms with Crippen molar-refractivity contribution < 1.29 is 9.53 Å². The normalized spacial score (nSPS) is 15.8. The molecule has 2 aromatic rings. The van der Waals surface area contributed by atoms with Crippen LogP contribution >= 0.6 is 0 Å². The van der Waals surface area contributed by atoms with Gasteiger partial charge in [-0.2, -0.15) is 0 Å². The Kier molecular flexibility index (Phi) is 5.56. The van der Waals surface area contributed by atoms with Crippen molar-refractivity contribution in [3.05, 3.63) is 64.6 Å². The number of carbonyl (C=O) groups is 1. The van der Waals surface area contributed by atoms with Gasteiger partial charge in [-0.05, 0) is 48.6 Å². The largest absolute Gasteiger partial charge is 0.497 e. The fraction of sp³-hybridized carbons (Fsp3) is 0.333. The first-order valence-corrected chi connectivity index (χ1v) is 8.91. The van der Waals surface area contributed by atoms with Crippen LogP contribution in [0.4, 0.5) is 0 Å². The van der Waals surface area contributed by atoms with Crippen LogP contribution in [0.5, 0.6) is 5.75 Å². The van der Waals surface area contributed by atoms with Crippen LogP contribution in [0.2, 0.25) is 0 Å². The van der Waals surface area contributed by atoms with Gasteiger partial charge in [-0.1, -0.05) is 25.1 Å². The van der Waals surface area contributed by atoms with Gasteiger partial charge in [0.15, 0.2) is 0 Å². The van der Waals surface area contributed by atoms with Crippen LogP contribution < -0.4 is 10.3 Å². The summed E-state index contributed by atoms with van der Waals surface area (Å²) in [7, 11) is 1.61. The molecule has 0 bridgehead atoms. The van der Waals surface area contributed by atoms with Gasteiger partial charge < -0.3 is 9.64 Å². The van der Waals surface area contributed by atoms with E-state index in [-0.39, 0.29) is 11.5 Å². The third kappa shape index (κ3) is 4.04.